The van der Waals surface area contributed by atoms with Gasteiger partial charge >= 0.3 is 0 Å². The van der Waals surface area contributed by atoms with E-state index in [-0.39, 0.29) is 18.0 Å². The highest BCUT2D eigenvalue weighted by atomic mass is 32.2. The first kappa shape index (κ1) is 14.1. The second-order valence-corrected chi connectivity index (χ2v) is 5.67. The van der Waals surface area contributed by atoms with Crippen LogP contribution in [0.2, 0.25) is 0 Å². The zero-order valence-corrected chi connectivity index (χ0v) is 10.4. The molecule has 0 aromatic heterocycles. The number of nitro groups is 1. The van der Waals surface area contributed by atoms with E-state index in [1.165, 1.54) is 31.3 Å². The third-order valence-corrected chi connectivity index (χ3v) is 4.04. The van der Waals surface area contributed by atoms with Crippen LogP contribution in [0.15, 0.2) is 24.3 Å². The van der Waals surface area contributed by atoms with Gasteiger partial charge in [-0.3, -0.25) is 10.1 Å². The number of hydrogen-bond acceptors (Lipinski definition) is 5. The van der Waals surface area contributed by atoms with Gasteiger partial charge in [-0.15, -0.1) is 0 Å². The molecule has 1 aromatic rings. The molecule has 0 saturated heterocycles. The second-order valence-electron chi connectivity index (χ2n) is 3.59. The lowest BCUT2D eigenvalue weighted by Gasteiger charge is -2.13. The fourth-order valence-electron chi connectivity index (χ4n) is 1.23. The largest absolute Gasteiger partial charge is 0.269 e. The summed E-state index contributed by atoms with van der Waals surface area (Å²) in [5.41, 5.74) is 0.340. The normalized spacial score (nSPS) is 11.2. The second kappa shape index (κ2) is 5.57. The predicted octanol–water partition coefficient (Wildman–Crippen LogP) is 0.880. The van der Waals surface area contributed by atoms with Crippen LogP contribution in [0, 0.1) is 21.4 Å². The van der Waals surface area contributed by atoms with Crippen molar-refractivity contribution in [3.8, 4) is 6.07 Å². The Bertz CT molecular complexity index is 574. The Labute approximate surface area is 104 Å². The molecule has 0 heterocycles. The van der Waals surface area contributed by atoms with Crippen LogP contribution in [-0.4, -0.2) is 31.2 Å². The van der Waals surface area contributed by atoms with Gasteiger partial charge in [0.15, 0.2) is 0 Å². The molecule has 18 heavy (non-hydrogen) atoms. The summed E-state index contributed by atoms with van der Waals surface area (Å²) < 4.78 is 24.4. The van der Waals surface area contributed by atoms with Crippen molar-refractivity contribution in [2.24, 2.45) is 0 Å². The minimum Gasteiger partial charge on any atom is -0.258 e. The molecule has 0 unspecified atom stereocenters. The number of nitriles is 1. The van der Waals surface area contributed by atoms with E-state index in [0.29, 0.717) is 5.56 Å². The molecule has 0 aliphatic heterocycles. The van der Waals surface area contributed by atoms with Crippen LogP contribution in [0.5, 0.6) is 0 Å². The maximum absolute atomic E-state index is 11.7. The number of nitrogens with zero attached hydrogens (tertiary/aromatic N) is 3. The third-order valence-electron chi connectivity index (χ3n) is 2.26. The molecule has 1 rings (SSSR count). The van der Waals surface area contributed by atoms with Gasteiger partial charge in [0.25, 0.3) is 5.69 Å². The summed E-state index contributed by atoms with van der Waals surface area (Å²) in [5.74, 6) is -0.289. The number of hydrogen-bond donors (Lipinski definition) is 0. The average Bonchev–Trinajstić information content (AvgIpc) is 2.29. The van der Waals surface area contributed by atoms with Gasteiger partial charge in [0.1, 0.15) is 6.54 Å². The van der Waals surface area contributed by atoms with Crippen molar-refractivity contribution in [2.75, 3.05) is 13.6 Å². The maximum atomic E-state index is 11.7. The zero-order chi connectivity index (χ0) is 13.8. The van der Waals surface area contributed by atoms with Crippen LogP contribution in [0.1, 0.15) is 5.56 Å². The van der Waals surface area contributed by atoms with Gasteiger partial charge in [-0.25, -0.2) is 8.42 Å². The van der Waals surface area contributed by atoms with E-state index in [2.05, 4.69) is 0 Å². The number of rotatable bonds is 5. The van der Waals surface area contributed by atoms with Gasteiger partial charge in [0, 0.05) is 19.2 Å². The van der Waals surface area contributed by atoms with Crippen molar-refractivity contribution in [3.05, 3.63) is 39.9 Å². The van der Waals surface area contributed by atoms with Crippen molar-refractivity contribution >= 4 is 15.7 Å². The Morgan fingerprint density at radius 2 is 1.94 bits per heavy atom. The van der Waals surface area contributed by atoms with Crippen molar-refractivity contribution in [1.82, 2.24) is 4.31 Å². The van der Waals surface area contributed by atoms with Gasteiger partial charge in [-0.1, -0.05) is 12.1 Å². The highest BCUT2D eigenvalue weighted by molar-refractivity contribution is 7.88. The quantitative estimate of drug-likeness (QED) is 0.448. The Morgan fingerprint density at radius 1 is 1.39 bits per heavy atom. The average molecular weight is 269 g/mol. The van der Waals surface area contributed by atoms with Crippen LogP contribution in [0.25, 0.3) is 0 Å². The molecular formula is C10H11N3O4S. The molecule has 8 heteroatoms. The number of sulfonamides is 1. The minimum atomic E-state index is -3.57. The van der Waals surface area contributed by atoms with Crippen molar-refractivity contribution in [2.45, 2.75) is 5.75 Å². The van der Waals surface area contributed by atoms with E-state index >= 15 is 0 Å². The number of nitro benzene ring substituents is 1. The molecule has 0 aliphatic carbocycles. The van der Waals surface area contributed by atoms with E-state index in [1.807, 2.05) is 0 Å². The topological polar surface area (TPSA) is 104 Å². The highest BCUT2D eigenvalue weighted by Crippen LogP contribution is 2.15. The van der Waals surface area contributed by atoms with Gasteiger partial charge in [-0.05, 0) is 5.56 Å². The molecule has 0 spiro atoms. The molecule has 1 aromatic carbocycles. The summed E-state index contributed by atoms with van der Waals surface area (Å²) in [5, 5.41) is 18.9. The standard InChI is InChI=1S/C10H11N3O4S/c1-12(7-6-11)18(16,17)8-9-2-4-10(5-3-9)13(14)15/h2-5H,7-8H2,1H3. The molecule has 0 bridgehead atoms. The SMILES string of the molecule is CN(CC#N)S(=O)(=O)Cc1ccc([N+](=O)[O-])cc1. The summed E-state index contributed by atoms with van der Waals surface area (Å²) in [7, 11) is -2.26. The fourth-order valence-corrected chi connectivity index (χ4v) is 2.32. The lowest BCUT2D eigenvalue weighted by atomic mass is 10.2. The van der Waals surface area contributed by atoms with E-state index in [4.69, 9.17) is 5.26 Å². The van der Waals surface area contributed by atoms with Crippen molar-refractivity contribution in [1.29, 1.82) is 5.26 Å². The van der Waals surface area contributed by atoms with E-state index in [0.717, 1.165) is 4.31 Å². The molecule has 7 nitrogen and oxygen atoms in total. The van der Waals surface area contributed by atoms with Crippen molar-refractivity contribution in [3.63, 3.8) is 0 Å². The summed E-state index contributed by atoms with van der Waals surface area (Å²) in [6.45, 7) is -0.227. The number of benzene rings is 1. The summed E-state index contributed by atoms with van der Waals surface area (Å²) >= 11 is 0. The summed E-state index contributed by atoms with van der Waals surface area (Å²) in [4.78, 5) is 9.88. The summed E-state index contributed by atoms with van der Waals surface area (Å²) in [6.07, 6.45) is 0. The molecule has 0 amide bonds. The fraction of sp³-hybridized carbons (Fsp3) is 0.300. The Balaban J connectivity index is 2.85. The molecule has 0 radical (unpaired) electrons. The predicted molar refractivity (Wildman–Crippen MR) is 64.0 cm³/mol. The Morgan fingerprint density at radius 3 is 2.39 bits per heavy atom. The molecule has 0 N–H and O–H groups in total. The van der Waals surface area contributed by atoms with E-state index in [1.54, 1.807) is 6.07 Å². The van der Waals surface area contributed by atoms with Crippen molar-refractivity contribution < 1.29 is 13.3 Å². The van der Waals surface area contributed by atoms with Crippen LogP contribution in [0.3, 0.4) is 0 Å². The maximum Gasteiger partial charge on any atom is 0.269 e. The van der Waals surface area contributed by atoms with Gasteiger partial charge in [0.05, 0.1) is 16.7 Å². The first-order chi connectivity index (χ1) is 8.36. The molecule has 0 aliphatic rings. The van der Waals surface area contributed by atoms with Gasteiger partial charge < -0.3 is 0 Å². The monoisotopic (exact) mass is 269 g/mol. The first-order valence-corrected chi connectivity index (χ1v) is 6.52. The van der Waals surface area contributed by atoms with E-state index < -0.39 is 14.9 Å². The molecule has 0 saturated carbocycles. The summed E-state index contributed by atoms with van der Waals surface area (Å²) in [6, 6.07) is 7.00. The Hall–Kier alpha value is -1.98. The molecule has 96 valence electrons. The minimum absolute atomic E-state index is 0.0958. The first-order valence-electron chi connectivity index (χ1n) is 4.91. The van der Waals surface area contributed by atoms with E-state index in [9.17, 15) is 18.5 Å². The van der Waals surface area contributed by atoms with Gasteiger partial charge in [0.2, 0.25) is 10.0 Å². The number of non-ortho nitro benzene ring substituents is 1. The zero-order valence-electron chi connectivity index (χ0n) is 9.61. The molecule has 0 atom stereocenters. The Kier molecular flexibility index (Phi) is 4.36. The van der Waals surface area contributed by atoms with Gasteiger partial charge in [-0.2, -0.15) is 9.57 Å². The van der Waals surface area contributed by atoms with Crippen LogP contribution < -0.4 is 0 Å². The smallest absolute Gasteiger partial charge is 0.258 e. The molecule has 0 fully saturated rings. The van der Waals surface area contributed by atoms with Crippen LogP contribution >= 0.6 is 0 Å². The third kappa shape index (κ3) is 3.51. The lowest BCUT2D eigenvalue weighted by molar-refractivity contribution is -0.384. The van der Waals surface area contributed by atoms with Crippen LogP contribution in [-0.2, 0) is 15.8 Å². The van der Waals surface area contributed by atoms with Crippen LogP contribution in [0.4, 0.5) is 5.69 Å². The highest BCUT2D eigenvalue weighted by Gasteiger charge is 2.18. The molecular weight excluding hydrogens is 258 g/mol. The lowest BCUT2D eigenvalue weighted by Crippen LogP contribution is -2.28.